The van der Waals surface area contributed by atoms with E-state index < -0.39 is 8.37 Å². The van der Waals surface area contributed by atoms with Crippen LogP contribution in [0.5, 0.6) is 0 Å². The molecule has 0 aromatic rings. The largest absolute Gasteiger partial charge is 0.345 e. The Balaban J connectivity index is 5.42. The fraction of sp³-hybridized carbons (Fsp3) is 0.800. The minimum absolute atomic E-state index is 0.448. The highest BCUT2D eigenvalue weighted by Gasteiger charge is 2.32. The number of allylic oxidation sites excluding steroid dienone is 1. The number of nitriles is 1. The zero-order chi connectivity index (χ0) is 15.9. The van der Waals surface area contributed by atoms with Gasteiger partial charge in [0.05, 0.1) is 6.07 Å². The Labute approximate surface area is 126 Å². The van der Waals surface area contributed by atoms with Crippen LogP contribution in [-0.2, 0) is 0 Å². The Kier molecular flexibility index (Phi) is 9.05. The van der Waals surface area contributed by atoms with Crippen molar-refractivity contribution in [3.8, 4) is 6.07 Å². The molecule has 0 aliphatic carbocycles. The van der Waals surface area contributed by atoms with Gasteiger partial charge in [0.15, 0.2) is 0 Å². The standard InChI is InChI=1S/C15H31N4P/c1-12(2)18(13(3)4)20(17-11-9-10-16)19(14(5)6)15(7)8/h9,11-15,17H,1-8H3/b11-9-. The van der Waals surface area contributed by atoms with Crippen molar-refractivity contribution < 1.29 is 0 Å². The monoisotopic (exact) mass is 298 g/mol. The zero-order valence-corrected chi connectivity index (χ0v) is 15.1. The van der Waals surface area contributed by atoms with Crippen LogP contribution in [0.15, 0.2) is 12.3 Å². The minimum atomic E-state index is -0.678. The number of hydrogen-bond acceptors (Lipinski definition) is 4. The van der Waals surface area contributed by atoms with Crippen molar-refractivity contribution in [2.45, 2.75) is 79.6 Å². The molecular formula is C15H31N4P. The number of rotatable bonds is 8. The number of nitrogens with one attached hydrogen (secondary N) is 1. The first-order chi connectivity index (χ1) is 9.23. The predicted octanol–water partition coefficient (Wildman–Crippen LogP) is 4.08. The lowest BCUT2D eigenvalue weighted by molar-refractivity contribution is 0.253. The third-order valence-corrected chi connectivity index (χ3v) is 6.00. The van der Waals surface area contributed by atoms with Gasteiger partial charge in [0.25, 0.3) is 0 Å². The Hall–Kier alpha value is -0.620. The van der Waals surface area contributed by atoms with Crippen LogP contribution in [0.25, 0.3) is 0 Å². The summed E-state index contributed by atoms with van der Waals surface area (Å²) in [6.07, 6.45) is 3.29. The van der Waals surface area contributed by atoms with Gasteiger partial charge in [-0.1, -0.05) is 0 Å². The number of hydrogen-bond donors (Lipinski definition) is 1. The lowest BCUT2D eigenvalue weighted by Gasteiger charge is -2.46. The molecule has 4 nitrogen and oxygen atoms in total. The summed E-state index contributed by atoms with van der Waals surface area (Å²) >= 11 is 0. The van der Waals surface area contributed by atoms with Crippen LogP contribution in [0.2, 0.25) is 0 Å². The molecule has 0 atom stereocenters. The van der Waals surface area contributed by atoms with Gasteiger partial charge in [0.2, 0.25) is 0 Å². The quantitative estimate of drug-likeness (QED) is 0.541. The third kappa shape index (κ3) is 5.79. The summed E-state index contributed by atoms with van der Waals surface area (Å²) in [6.45, 7) is 17.8. The summed E-state index contributed by atoms with van der Waals surface area (Å²) in [4.78, 5) is 0. The van der Waals surface area contributed by atoms with Crippen molar-refractivity contribution >= 4 is 8.37 Å². The fourth-order valence-corrected chi connectivity index (χ4v) is 4.92. The van der Waals surface area contributed by atoms with Gasteiger partial charge in [-0.3, -0.25) is 0 Å². The Morgan fingerprint density at radius 2 is 1.20 bits per heavy atom. The van der Waals surface area contributed by atoms with E-state index in [4.69, 9.17) is 5.26 Å². The highest BCUT2D eigenvalue weighted by Crippen LogP contribution is 2.46. The maximum absolute atomic E-state index is 8.70. The van der Waals surface area contributed by atoms with Crippen molar-refractivity contribution in [2.24, 2.45) is 0 Å². The van der Waals surface area contributed by atoms with Gasteiger partial charge in [0, 0.05) is 36.4 Å². The summed E-state index contributed by atoms with van der Waals surface area (Å²) < 4.78 is 4.99. The fourth-order valence-electron chi connectivity index (χ4n) is 2.46. The van der Waals surface area contributed by atoms with E-state index in [0.717, 1.165) is 0 Å². The van der Waals surface area contributed by atoms with Crippen LogP contribution in [0.3, 0.4) is 0 Å². The first-order valence-corrected chi connectivity index (χ1v) is 8.66. The van der Waals surface area contributed by atoms with Crippen molar-refractivity contribution in [2.75, 3.05) is 0 Å². The van der Waals surface area contributed by atoms with E-state index in [1.165, 1.54) is 6.08 Å². The first-order valence-electron chi connectivity index (χ1n) is 7.41. The van der Waals surface area contributed by atoms with Crippen molar-refractivity contribution in [3.63, 3.8) is 0 Å². The summed E-state index contributed by atoms with van der Waals surface area (Å²) in [5.74, 6) is 0. The normalized spacial score (nSPS) is 12.9. The van der Waals surface area contributed by atoms with Gasteiger partial charge in [-0.25, -0.2) is 9.34 Å². The van der Waals surface area contributed by atoms with Gasteiger partial charge in [-0.15, -0.1) is 0 Å². The summed E-state index contributed by atoms with van der Waals surface area (Å²) in [5.41, 5.74) is 0. The second-order valence-electron chi connectivity index (χ2n) is 6.02. The van der Waals surface area contributed by atoms with E-state index in [9.17, 15) is 0 Å². The maximum Gasteiger partial charge on any atom is 0.147 e. The molecule has 0 saturated carbocycles. The molecule has 0 aromatic carbocycles. The van der Waals surface area contributed by atoms with E-state index >= 15 is 0 Å². The van der Waals surface area contributed by atoms with Gasteiger partial charge in [-0.2, -0.15) is 5.26 Å². The minimum Gasteiger partial charge on any atom is -0.345 e. The third-order valence-electron chi connectivity index (χ3n) is 2.90. The molecular weight excluding hydrogens is 267 g/mol. The molecule has 1 N–H and O–H groups in total. The molecule has 0 unspecified atom stereocenters. The molecule has 0 aromatic heterocycles. The highest BCUT2D eigenvalue weighted by atomic mass is 31.1. The molecule has 116 valence electrons. The molecule has 0 amide bonds. The molecule has 0 aliphatic rings. The van der Waals surface area contributed by atoms with Crippen molar-refractivity contribution in [3.05, 3.63) is 12.3 Å². The summed E-state index contributed by atoms with van der Waals surface area (Å²) in [7, 11) is -0.678. The van der Waals surface area contributed by atoms with Crippen molar-refractivity contribution in [1.29, 1.82) is 5.26 Å². The van der Waals surface area contributed by atoms with Gasteiger partial charge >= 0.3 is 0 Å². The van der Waals surface area contributed by atoms with Gasteiger partial charge in [0.1, 0.15) is 8.37 Å². The molecule has 0 bridgehead atoms. The van der Waals surface area contributed by atoms with Crippen LogP contribution in [0, 0.1) is 11.3 Å². The van der Waals surface area contributed by atoms with Gasteiger partial charge < -0.3 is 5.09 Å². The Morgan fingerprint density at radius 3 is 1.45 bits per heavy atom. The zero-order valence-electron chi connectivity index (χ0n) is 14.3. The van der Waals surface area contributed by atoms with Crippen LogP contribution < -0.4 is 5.09 Å². The van der Waals surface area contributed by atoms with Crippen molar-refractivity contribution in [1.82, 2.24) is 14.4 Å². The molecule has 5 heteroatoms. The topological polar surface area (TPSA) is 42.3 Å². The average molecular weight is 298 g/mol. The lowest BCUT2D eigenvalue weighted by atomic mass is 10.3. The molecule has 0 rings (SSSR count). The average Bonchev–Trinajstić information content (AvgIpc) is 2.26. The second kappa shape index (κ2) is 9.34. The molecule has 0 aliphatic heterocycles. The van der Waals surface area contributed by atoms with E-state index in [2.05, 4.69) is 69.8 Å². The predicted molar refractivity (Wildman–Crippen MR) is 89.0 cm³/mol. The number of nitrogens with zero attached hydrogens (tertiary/aromatic N) is 3. The Morgan fingerprint density at radius 1 is 0.850 bits per heavy atom. The van der Waals surface area contributed by atoms with Crippen LogP contribution in [-0.4, -0.2) is 33.5 Å². The van der Waals surface area contributed by atoms with Crippen LogP contribution in [0.1, 0.15) is 55.4 Å². The SMILES string of the molecule is CC(C)N(C(C)C)P(N/C=C\C#N)N(C(C)C)C(C)C. The van der Waals surface area contributed by atoms with E-state index in [-0.39, 0.29) is 0 Å². The second-order valence-corrected chi connectivity index (χ2v) is 7.78. The molecule has 0 heterocycles. The summed E-state index contributed by atoms with van der Waals surface area (Å²) in [5, 5.41) is 12.2. The van der Waals surface area contributed by atoms with E-state index in [0.29, 0.717) is 24.2 Å². The maximum atomic E-state index is 8.70. The molecule has 0 spiro atoms. The molecule has 0 fully saturated rings. The van der Waals surface area contributed by atoms with E-state index in [1.807, 2.05) is 6.07 Å². The molecule has 0 radical (unpaired) electrons. The van der Waals surface area contributed by atoms with Crippen LogP contribution in [0.4, 0.5) is 0 Å². The molecule has 0 saturated heterocycles. The first kappa shape index (κ1) is 19.4. The Bertz CT molecular complexity index is 295. The highest BCUT2D eigenvalue weighted by molar-refractivity contribution is 7.50. The van der Waals surface area contributed by atoms with Gasteiger partial charge in [-0.05, 0) is 55.4 Å². The molecule has 20 heavy (non-hydrogen) atoms. The summed E-state index contributed by atoms with van der Waals surface area (Å²) in [6, 6.07) is 3.84. The van der Waals surface area contributed by atoms with E-state index in [1.54, 1.807) is 6.20 Å². The smallest absolute Gasteiger partial charge is 0.147 e. The lowest BCUT2D eigenvalue weighted by Crippen LogP contribution is -2.45. The van der Waals surface area contributed by atoms with Crippen LogP contribution >= 0.6 is 8.37 Å².